The van der Waals surface area contributed by atoms with Gasteiger partial charge in [-0.05, 0) is 26.3 Å². The number of hydrogen-bond acceptors (Lipinski definition) is 3. The van der Waals surface area contributed by atoms with E-state index in [-0.39, 0.29) is 5.91 Å². The second-order valence-electron chi connectivity index (χ2n) is 4.50. The highest BCUT2D eigenvalue weighted by atomic mass is 16.5. The molecule has 1 aromatic carbocycles. The summed E-state index contributed by atoms with van der Waals surface area (Å²) in [6, 6.07) is 7.17. The smallest absolute Gasteiger partial charge is 0.244 e. The normalized spacial score (nSPS) is 12.2. The lowest BCUT2D eigenvalue weighted by Gasteiger charge is -2.24. The lowest BCUT2D eigenvalue weighted by molar-refractivity contribution is -0.133. The van der Waals surface area contributed by atoms with Crippen LogP contribution in [-0.2, 0) is 9.53 Å². The summed E-state index contributed by atoms with van der Waals surface area (Å²) < 4.78 is 5.28. The molecule has 4 nitrogen and oxygen atoms in total. The molecule has 0 bridgehead atoms. The Balaban J connectivity index is 2.65. The van der Waals surface area contributed by atoms with E-state index in [9.17, 15) is 4.79 Å². The SMILES string of the molecule is CCOCCN(CC)C(=O)C(N)c1ccc(C)cc1. The van der Waals surface area contributed by atoms with Crippen molar-refractivity contribution in [3.63, 3.8) is 0 Å². The average Bonchev–Trinajstić information content (AvgIpc) is 2.43. The Kier molecular flexibility index (Phi) is 6.53. The number of benzene rings is 1. The molecular formula is C15H24N2O2. The van der Waals surface area contributed by atoms with Crippen LogP contribution in [-0.4, -0.2) is 37.1 Å². The van der Waals surface area contributed by atoms with Gasteiger partial charge >= 0.3 is 0 Å². The van der Waals surface area contributed by atoms with Crippen LogP contribution < -0.4 is 5.73 Å². The quantitative estimate of drug-likeness (QED) is 0.765. The number of nitrogens with zero attached hydrogens (tertiary/aromatic N) is 1. The standard InChI is InChI=1S/C15H24N2O2/c1-4-17(10-11-19-5-2)15(18)14(16)13-8-6-12(3)7-9-13/h6-9,14H,4-5,10-11,16H2,1-3H3. The molecule has 1 unspecified atom stereocenters. The zero-order valence-electron chi connectivity index (χ0n) is 12.1. The van der Waals surface area contributed by atoms with E-state index in [1.165, 1.54) is 0 Å². The second-order valence-corrected chi connectivity index (χ2v) is 4.50. The first-order chi connectivity index (χ1) is 9.10. The van der Waals surface area contributed by atoms with E-state index in [1.54, 1.807) is 4.90 Å². The summed E-state index contributed by atoms with van der Waals surface area (Å²) in [5.41, 5.74) is 8.05. The third-order valence-corrected chi connectivity index (χ3v) is 3.11. The molecule has 1 rings (SSSR count). The maximum atomic E-state index is 12.3. The number of ether oxygens (including phenoxy) is 1. The molecule has 0 aliphatic rings. The molecule has 0 heterocycles. The molecule has 4 heteroatoms. The Morgan fingerprint density at radius 3 is 2.47 bits per heavy atom. The lowest BCUT2D eigenvalue weighted by Crippen LogP contribution is -2.40. The Morgan fingerprint density at radius 1 is 1.32 bits per heavy atom. The molecule has 0 saturated carbocycles. The number of amides is 1. The van der Waals surface area contributed by atoms with E-state index in [1.807, 2.05) is 45.0 Å². The maximum Gasteiger partial charge on any atom is 0.244 e. The molecule has 0 aliphatic carbocycles. The zero-order chi connectivity index (χ0) is 14.3. The van der Waals surface area contributed by atoms with E-state index >= 15 is 0 Å². The van der Waals surface area contributed by atoms with Gasteiger partial charge < -0.3 is 15.4 Å². The van der Waals surface area contributed by atoms with Crippen LogP contribution in [0.25, 0.3) is 0 Å². The predicted molar refractivity (Wildman–Crippen MR) is 76.9 cm³/mol. The Labute approximate surface area is 115 Å². The van der Waals surface area contributed by atoms with Gasteiger partial charge in [0.1, 0.15) is 6.04 Å². The summed E-state index contributed by atoms with van der Waals surface area (Å²) in [5.74, 6) is -0.0499. The second kappa shape index (κ2) is 7.92. The topological polar surface area (TPSA) is 55.6 Å². The molecule has 1 amide bonds. The van der Waals surface area contributed by atoms with Crippen LogP contribution in [0.3, 0.4) is 0 Å². The predicted octanol–water partition coefficient (Wildman–Crippen LogP) is 1.88. The molecule has 19 heavy (non-hydrogen) atoms. The van der Waals surface area contributed by atoms with Gasteiger partial charge in [-0.2, -0.15) is 0 Å². The van der Waals surface area contributed by atoms with Crippen LogP contribution >= 0.6 is 0 Å². The average molecular weight is 264 g/mol. The minimum Gasteiger partial charge on any atom is -0.380 e. The first-order valence-electron chi connectivity index (χ1n) is 6.78. The molecule has 0 fully saturated rings. The minimum atomic E-state index is -0.595. The van der Waals surface area contributed by atoms with Gasteiger partial charge in [0.15, 0.2) is 0 Å². The van der Waals surface area contributed by atoms with Gasteiger partial charge in [-0.25, -0.2) is 0 Å². The van der Waals surface area contributed by atoms with Gasteiger partial charge in [0.05, 0.1) is 6.61 Å². The van der Waals surface area contributed by atoms with Gasteiger partial charge in [-0.3, -0.25) is 4.79 Å². The molecule has 0 aromatic heterocycles. The zero-order valence-corrected chi connectivity index (χ0v) is 12.1. The van der Waals surface area contributed by atoms with E-state index < -0.39 is 6.04 Å². The lowest BCUT2D eigenvalue weighted by atomic mass is 10.0. The number of nitrogens with two attached hydrogens (primary N) is 1. The molecule has 0 spiro atoms. The summed E-state index contributed by atoms with van der Waals surface area (Å²) in [6.45, 7) is 8.35. The largest absolute Gasteiger partial charge is 0.380 e. The third kappa shape index (κ3) is 4.65. The highest BCUT2D eigenvalue weighted by molar-refractivity contribution is 5.83. The summed E-state index contributed by atoms with van der Waals surface area (Å²) in [7, 11) is 0. The number of aryl methyl sites for hydroxylation is 1. The first-order valence-corrected chi connectivity index (χ1v) is 6.78. The van der Waals surface area contributed by atoms with Crippen LogP contribution in [0, 0.1) is 6.92 Å². The van der Waals surface area contributed by atoms with Crippen molar-refractivity contribution >= 4 is 5.91 Å². The Hall–Kier alpha value is -1.39. The molecular weight excluding hydrogens is 240 g/mol. The van der Waals surface area contributed by atoms with E-state index in [0.29, 0.717) is 26.3 Å². The number of carbonyl (C=O) groups is 1. The van der Waals surface area contributed by atoms with Gasteiger partial charge in [-0.15, -0.1) is 0 Å². The molecule has 0 radical (unpaired) electrons. The van der Waals surface area contributed by atoms with Crippen molar-refractivity contribution in [3.8, 4) is 0 Å². The van der Waals surface area contributed by atoms with Crippen LogP contribution in [0.2, 0.25) is 0 Å². The Bertz CT molecular complexity index is 390. The molecule has 2 N–H and O–H groups in total. The molecule has 0 saturated heterocycles. The number of likely N-dealkylation sites (N-methyl/N-ethyl adjacent to an activating group) is 1. The van der Waals surface area contributed by atoms with E-state index in [4.69, 9.17) is 10.5 Å². The van der Waals surface area contributed by atoms with Crippen molar-refractivity contribution in [3.05, 3.63) is 35.4 Å². The first kappa shape index (κ1) is 15.7. The Morgan fingerprint density at radius 2 is 1.95 bits per heavy atom. The van der Waals surface area contributed by atoms with Gasteiger partial charge in [-0.1, -0.05) is 29.8 Å². The van der Waals surface area contributed by atoms with Gasteiger partial charge in [0, 0.05) is 19.7 Å². The van der Waals surface area contributed by atoms with Crippen molar-refractivity contribution in [1.82, 2.24) is 4.90 Å². The minimum absolute atomic E-state index is 0.0499. The highest BCUT2D eigenvalue weighted by Crippen LogP contribution is 2.14. The van der Waals surface area contributed by atoms with Crippen LogP contribution in [0.15, 0.2) is 24.3 Å². The summed E-state index contributed by atoms with van der Waals surface area (Å²) >= 11 is 0. The van der Waals surface area contributed by atoms with Crippen LogP contribution in [0.5, 0.6) is 0 Å². The summed E-state index contributed by atoms with van der Waals surface area (Å²) in [6.07, 6.45) is 0. The summed E-state index contributed by atoms with van der Waals surface area (Å²) in [4.78, 5) is 14.0. The van der Waals surface area contributed by atoms with Crippen molar-refractivity contribution < 1.29 is 9.53 Å². The molecule has 0 aliphatic heterocycles. The third-order valence-electron chi connectivity index (χ3n) is 3.11. The maximum absolute atomic E-state index is 12.3. The van der Waals surface area contributed by atoms with Crippen molar-refractivity contribution in [2.75, 3.05) is 26.3 Å². The van der Waals surface area contributed by atoms with Crippen molar-refractivity contribution in [2.45, 2.75) is 26.8 Å². The fourth-order valence-corrected chi connectivity index (χ4v) is 1.86. The van der Waals surface area contributed by atoms with Crippen LogP contribution in [0.1, 0.15) is 31.0 Å². The fourth-order valence-electron chi connectivity index (χ4n) is 1.86. The number of carbonyl (C=O) groups excluding carboxylic acids is 1. The van der Waals surface area contributed by atoms with Gasteiger partial charge in [0.2, 0.25) is 5.91 Å². The highest BCUT2D eigenvalue weighted by Gasteiger charge is 2.21. The van der Waals surface area contributed by atoms with Crippen molar-refractivity contribution in [2.24, 2.45) is 5.73 Å². The van der Waals surface area contributed by atoms with Crippen molar-refractivity contribution in [1.29, 1.82) is 0 Å². The number of rotatable bonds is 7. The summed E-state index contributed by atoms with van der Waals surface area (Å²) in [5, 5.41) is 0. The van der Waals surface area contributed by atoms with E-state index in [2.05, 4.69) is 0 Å². The molecule has 1 aromatic rings. The number of hydrogen-bond donors (Lipinski definition) is 1. The molecule has 1 atom stereocenters. The van der Waals surface area contributed by atoms with Gasteiger partial charge in [0.25, 0.3) is 0 Å². The molecule has 106 valence electrons. The monoisotopic (exact) mass is 264 g/mol. The van der Waals surface area contributed by atoms with E-state index in [0.717, 1.165) is 11.1 Å². The van der Waals surface area contributed by atoms with Crippen LogP contribution in [0.4, 0.5) is 0 Å². The fraction of sp³-hybridized carbons (Fsp3) is 0.533.